The maximum Gasteiger partial charge on any atom is 0.265 e. The third kappa shape index (κ3) is 2.20. The van der Waals surface area contributed by atoms with Crippen molar-refractivity contribution in [1.82, 2.24) is 9.97 Å². The normalized spacial score (nSPS) is 24.9. The van der Waals surface area contributed by atoms with E-state index in [4.69, 9.17) is 4.74 Å². The molecule has 1 aliphatic rings. The summed E-state index contributed by atoms with van der Waals surface area (Å²) < 4.78 is 6.23. The molecule has 1 aromatic heterocycles. The highest BCUT2D eigenvalue weighted by molar-refractivity contribution is 9.10. The van der Waals surface area contributed by atoms with Crippen LogP contribution >= 0.6 is 15.9 Å². The Hall–Kier alpha value is -0.680. The molecular formula is C11H15BrN2O2. The molecule has 0 radical (unpaired) electrons. The van der Waals surface area contributed by atoms with Crippen LogP contribution in [0.3, 0.4) is 0 Å². The number of nitrogens with one attached hydrogen (secondary N) is 1. The number of nitrogens with zero attached hydrogens (tertiary/aromatic N) is 1. The summed E-state index contributed by atoms with van der Waals surface area (Å²) in [7, 11) is 0. The number of aromatic amines is 1. The topological polar surface area (TPSA) is 55.0 Å². The van der Waals surface area contributed by atoms with Gasteiger partial charge < -0.3 is 9.72 Å². The van der Waals surface area contributed by atoms with Crippen LogP contribution in [0.15, 0.2) is 9.27 Å². The molecule has 2 rings (SSSR count). The standard InChI is InChI=1S/C11H15BrN2O2/c1-3-7-9(12)11(15)14-10(13-7)8-5-4-6(2)16-8/h6,8H,3-5H2,1-2H3,(H,13,14,15). The number of H-pyrrole nitrogens is 1. The first-order valence-electron chi connectivity index (χ1n) is 5.55. The number of hydrogen-bond acceptors (Lipinski definition) is 3. The lowest BCUT2D eigenvalue weighted by molar-refractivity contribution is 0.0500. The van der Waals surface area contributed by atoms with Gasteiger partial charge >= 0.3 is 0 Å². The molecule has 0 amide bonds. The number of hydrogen-bond donors (Lipinski definition) is 1. The zero-order valence-corrected chi connectivity index (χ0v) is 11.0. The van der Waals surface area contributed by atoms with E-state index in [0.29, 0.717) is 10.3 Å². The van der Waals surface area contributed by atoms with Crippen molar-refractivity contribution in [3.8, 4) is 0 Å². The van der Waals surface area contributed by atoms with Gasteiger partial charge in [0, 0.05) is 0 Å². The fraction of sp³-hybridized carbons (Fsp3) is 0.636. The van der Waals surface area contributed by atoms with E-state index in [1.807, 2.05) is 13.8 Å². The summed E-state index contributed by atoms with van der Waals surface area (Å²) in [6.45, 7) is 4.02. The van der Waals surface area contributed by atoms with Crippen LogP contribution in [0.4, 0.5) is 0 Å². The molecule has 2 unspecified atom stereocenters. The summed E-state index contributed by atoms with van der Waals surface area (Å²) in [6, 6.07) is 0. The molecule has 88 valence electrons. The molecule has 2 atom stereocenters. The Bertz CT molecular complexity index is 444. The van der Waals surface area contributed by atoms with Gasteiger partial charge in [0.2, 0.25) is 0 Å². The quantitative estimate of drug-likeness (QED) is 0.908. The Morgan fingerprint density at radius 1 is 1.56 bits per heavy atom. The lowest BCUT2D eigenvalue weighted by Gasteiger charge is -2.11. The fourth-order valence-electron chi connectivity index (χ4n) is 1.92. The molecule has 0 bridgehead atoms. The molecule has 1 N–H and O–H groups in total. The maximum absolute atomic E-state index is 11.7. The summed E-state index contributed by atoms with van der Waals surface area (Å²) in [6.07, 6.45) is 2.88. The van der Waals surface area contributed by atoms with Crippen LogP contribution in [-0.2, 0) is 11.2 Å². The van der Waals surface area contributed by atoms with Crippen molar-refractivity contribution in [2.45, 2.75) is 45.3 Å². The van der Waals surface area contributed by atoms with Gasteiger partial charge in [0.25, 0.3) is 5.56 Å². The molecule has 2 heterocycles. The number of halogens is 1. The molecule has 16 heavy (non-hydrogen) atoms. The summed E-state index contributed by atoms with van der Waals surface area (Å²) in [4.78, 5) is 18.9. The SMILES string of the molecule is CCc1nc(C2CCC(C)O2)[nH]c(=O)c1Br. The van der Waals surface area contributed by atoms with Crippen LogP contribution in [-0.4, -0.2) is 16.1 Å². The predicted octanol–water partition coefficient (Wildman–Crippen LogP) is 2.33. The van der Waals surface area contributed by atoms with Gasteiger partial charge in [0.05, 0.1) is 11.8 Å². The average Bonchev–Trinajstić information content (AvgIpc) is 2.69. The second-order valence-electron chi connectivity index (χ2n) is 4.08. The van der Waals surface area contributed by atoms with E-state index in [2.05, 4.69) is 25.9 Å². The molecule has 1 aliphatic heterocycles. The van der Waals surface area contributed by atoms with Crippen LogP contribution in [0.1, 0.15) is 44.3 Å². The van der Waals surface area contributed by atoms with Crippen LogP contribution in [0.25, 0.3) is 0 Å². The molecule has 0 saturated carbocycles. The molecular weight excluding hydrogens is 272 g/mol. The van der Waals surface area contributed by atoms with E-state index in [0.717, 1.165) is 25.0 Å². The van der Waals surface area contributed by atoms with Gasteiger partial charge in [0.15, 0.2) is 0 Å². The van der Waals surface area contributed by atoms with E-state index in [9.17, 15) is 4.79 Å². The lowest BCUT2D eigenvalue weighted by atomic mass is 10.2. The van der Waals surface area contributed by atoms with E-state index in [1.165, 1.54) is 0 Å². The van der Waals surface area contributed by atoms with Crippen LogP contribution < -0.4 is 5.56 Å². The van der Waals surface area contributed by atoms with Crippen molar-refractivity contribution in [2.24, 2.45) is 0 Å². The molecule has 1 fully saturated rings. The first kappa shape index (κ1) is 11.8. The smallest absolute Gasteiger partial charge is 0.265 e. The van der Waals surface area contributed by atoms with E-state index in [-0.39, 0.29) is 17.8 Å². The molecule has 5 heteroatoms. The van der Waals surface area contributed by atoms with Crippen molar-refractivity contribution in [3.05, 3.63) is 26.3 Å². The third-order valence-corrected chi connectivity index (χ3v) is 3.64. The predicted molar refractivity (Wildman–Crippen MR) is 64.5 cm³/mol. The molecule has 0 spiro atoms. The van der Waals surface area contributed by atoms with Crippen LogP contribution in [0, 0.1) is 0 Å². The van der Waals surface area contributed by atoms with Gasteiger partial charge in [-0.3, -0.25) is 4.79 Å². The summed E-state index contributed by atoms with van der Waals surface area (Å²) >= 11 is 3.25. The van der Waals surface area contributed by atoms with Gasteiger partial charge in [-0.15, -0.1) is 0 Å². The van der Waals surface area contributed by atoms with Crippen molar-refractivity contribution in [1.29, 1.82) is 0 Å². The van der Waals surface area contributed by atoms with Crippen molar-refractivity contribution >= 4 is 15.9 Å². The minimum Gasteiger partial charge on any atom is -0.367 e. The van der Waals surface area contributed by atoms with Gasteiger partial charge in [-0.25, -0.2) is 4.98 Å². The average molecular weight is 287 g/mol. The largest absolute Gasteiger partial charge is 0.367 e. The van der Waals surface area contributed by atoms with Gasteiger partial charge in [-0.1, -0.05) is 6.92 Å². The Balaban J connectivity index is 2.35. The van der Waals surface area contributed by atoms with Gasteiger partial charge in [-0.05, 0) is 42.1 Å². The second kappa shape index (κ2) is 4.67. The molecule has 4 nitrogen and oxygen atoms in total. The van der Waals surface area contributed by atoms with E-state index >= 15 is 0 Å². The van der Waals surface area contributed by atoms with Gasteiger partial charge in [-0.2, -0.15) is 0 Å². The molecule has 0 aromatic carbocycles. The number of aryl methyl sites for hydroxylation is 1. The first-order chi connectivity index (χ1) is 7.61. The molecule has 1 aromatic rings. The fourth-order valence-corrected chi connectivity index (χ4v) is 2.38. The summed E-state index contributed by atoms with van der Waals surface area (Å²) in [5, 5.41) is 0. The van der Waals surface area contributed by atoms with Crippen LogP contribution in [0.5, 0.6) is 0 Å². The highest BCUT2D eigenvalue weighted by atomic mass is 79.9. The minimum atomic E-state index is -0.120. The minimum absolute atomic E-state index is 0.0545. The number of aromatic nitrogens is 2. The number of ether oxygens (including phenoxy) is 1. The highest BCUT2D eigenvalue weighted by Crippen LogP contribution is 2.30. The zero-order valence-electron chi connectivity index (χ0n) is 9.42. The zero-order chi connectivity index (χ0) is 11.7. The van der Waals surface area contributed by atoms with Crippen molar-refractivity contribution < 1.29 is 4.74 Å². The van der Waals surface area contributed by atoms with Gasteiger partial charge in [0.1, 0.15) is 16.4 Å². The third-order valence-electron chi connectivity index (χ3n) is 2.82. The Labute approximate surface area is 103 Å². The Morgan fingerprint density at radius 3 is 2.88 bits per heavy atom. The maximum atomic E-state index is 11.7. The highest BCUT2D eigenvalue weighted by Gasteiger charge is 2.26. The lowest BCUT2D eigenvalue weighted by Crippen LogP contribution is -2.18. The van der Waals surface area contributed by atoms with Crippen LogP contribution in [0.2, 0.25) is 0 Å². The Morgan fingerprint density at radius 2 is 2.31 bits per heavy atom. The summed E-state index contributed by atoms with van der Waals surface area (Å²) in [5.41, 5.74) is 0.673. The van der Waals surface area contributed by atoms with Crippen molar-refractivity contribution in [2.75, 3.05) is 0 Å². The summed E-state index contributed by atoms with van der Waals surface area (Å²) in [5.74, 6) is 0.661. The molecule has 0 aliphatic carbocycles. The van der Waals surface area contributed by atoms with E-state index in [1.54, 1.807) is 0 Å². The first-order valence-corrected chi connectivity index (χ1v) is 6.35. The molecule has 1 saturated heterocycles. The monoisotopic (exact) mass is 286 g/mol. The number of rotatable bonds is 2. The van der Waals surface area contributed by atoms with E-state index < -0.39 is 0 Å². The van der Waals surface area contributed by atoms with Crippen molar-refractivity contribution in [3.63, 3.8) is 0 Å². The Kier molecular flexibility index (Phi) is 3.44. The second-order valence-corrected chi connectivity index (χ2v) is 4.87.